The maximum atomic E-state index is 5.69. The van der Waals surface area contributed by atoms with Gasteiger partial charge in [-0.05, 0) is 35.1 Å². The molecule has 0 saturated carbocycles. The molecular formula is C6H9IN2. The summed E-state index contributed by atoms with van der Waals surface area (Å²) in [4.78, 5) is 0. The van der Waals surface area contributed by atoms with Gasteiger partial charge < -0.3 is 11.1 Å². The number of hydrogen-bond acceptors (Lipinski definition) is 2. The Labute approximate surface area is 68.3 Å². The van der Waals surface area contributed by atoms with Crippen LogP contribution in [0.3, 0.4) is 0 Å². The molecule has 0 aromatic rings. The molecule has 0 fully saturated rings. The van der Waals surface area contributed by atoms with Crippen LogP contribution >= 0.6 is 22.6 Å². The Hall–Kier alpha value is -0.190. The van der Waals surface area contributed by atoms with Crippen LogP contribution in [0.1, 0.15) is 6.92 Å². The normalized spacial score (nSPS) is 19.1. The predicted molar refractivity (Wildman–Crippen MR) is 47.0 cm³/mol. The van der Waals surface area contributed by atoms with Crippen molar-refractivity contribution >= 4 is 22.6 Å². The van der Waals surface area contributed by atoms with E-state index < -0.39 is 0 Å². The largest absolute Gasteiger partial charge is 0.398 e. The summed E-state index contributed by atoms with van der Waals surface area (Å²) in [6.07, 6.45) is 1.93. The van der Waals surface area contributed by atoms with E-state index in [1.54, 1.807) is 0 Å². The van der Waals surface area contributed by atoms with Gasteiger partial charge in [-0.1, -0.05) is 0 Å². The number of dihydropyridines is 1. The first-order valence-corrected chi connectivity index (χ1v) is 3.84. The Morgan fingerprint density at radius 1 is 1.78 bits per heavy atom. The molecule has 0 saturated heterocycles. The van der Waals surface area contributed by atoms with Crippen LogP contribution in [0.15, 0.2) is 21.0 Å². The highest BCUT2D eigenvalue weighted by Gasteiger charge is 2.04. The van der Waals surface area contributed by atoms with Crippen molar-refractivity contribution in [3.8, 4) is 0 Å². The number of nitrogens with two attached hydrogens (primary N) is 1. The van der Waals surface area contributed by atoms with Crippen LogP contribution in [-0.2, 0) is 0 Å². The van der Waals surface area contributed by atoms with Gasteiger partial charge in [0.2, 0.25) is 0 Å². The lowest BCUT2D eigenvalue weighted by Gasteiger charge is -2.12. The first-order valence-electron chi connectivity index (χ1n) is 2.76. The van der Waals surface area contributed by atoms with Crippen molar-refractivity contribution in [2.75, 3.05) is 6.54 Å². The van der Waals surface area contributed by atoms with Gasteiger partial charge in [0.25, 0.3) is 0 Å². The Bertz CT molecular complexity index is 181. The molecular weight excluding hydrogens is 227 g/mol. The molecule has 1 aliphatic heterocycles. The summed E-state index contributed by atoms with van der Waals surface area (Å²) in [5.41, 5.74) is 7.83. The predicted octanol–water partition coefficient (Wildman–Crippen LogP) is 1.10. The zero-order valence-electron chi connectivity index (χ0n) is 5.24. The molecule has 0 aromatic heterocycles. The first-order chi connectivity index (χ1) is 4.22. The molecule has 0 atom stereocenters. The summed E-state index contributed by atoms with van der Waals surface area (Å²) < 4.78 is 1.11. The van der Waals surface area contributed by atoms with Gasteiger partial charge in [-0.25, -0.2) is 0 Å². The minimum absolute atomic E-state index is 0.887. The minimum atomic E-state index is 0.887. The average Bonchev–Trinajstić information content (AvgIpc) is 1.83. The molecule has 1 heterocycles. The summed E-state index contributed by atoms with van der Waals surface area (Å²) in [6, 6.07) is 0. The monoisotopic (exact) mass is 236 g/mol. The molecule has 0 spiro atoms. The van der Waals surface area contributed by atoms with Gasteiger partial charge in [-0.2, -0.15) is 0 Å². The van der Waals surface area contributed by atoms with Crippen LogP contribution in [0, 0.1) is 0 Å². The number of hydrogen-bond donors (Lipinski definition) is 2. The Balaban J connectivity index is 2.88. The number of allylic oxidation sites excluding steroid dienone is 1. The van der Waals surface area contributed by atoms with Crippen molar-refractivity contribution in [1.82, 2.24) is 5.32 Å². The third-order valence-electron chi connectivity index (χ3n) is 1.31. The second-order valence-corrected chi connectivity index (χ2v) is 3.23. The van der Waals surface area contributed by atoms with Gasteiger partial charge >= 0.3 is 0 Å². The summed E-state index contributed by atoms with van der Waals surface area (Å²) in [6.45, 7) is 2.92. The molecule has 50 valence electrons. The van der Waals surface area contributed by atoms with Gasteiger partial charge in [0, 0.05) is 18.4 Å². The summed E-state index contributed by atoms with van der Waals surface area (Å²) in [5.74, 6) is 0. The quantitative estimate of drug-likeness (QED) is 0.618. The van der Waals surface area contributed by atoms with Gasteiger partial charge in [0.05, 0.1) is 3.58 Å². The van der Waals surface area contributed by atoms with E-state index in [9.17, 15) is 0 Å². The highest BCUT2D eigenvalue weighted by Crippen LogP contribution is 2.17. The first kappa shape index (κ1) is 6.92. The van der Waals surface area contributed by atoms with Crippen molar-refractivity contribution in [2.45, 2.75) is 6.92 Å². The third kappa shape index (κ3) is 1.38. The summed E-state index contributed by atoms with van der Waals surface area (Å²) in [5, 5.41) is 3.11. The van der Waals surface area contributed by atoms with E-state index >= 15 is 0 Å². The summed E-state index contributed by atoms with van der Waals surface area (Å²) >= 11 is 2.21. The lowest BCUT2D eigenvalue weighted by atomic mass is 10.2. The zero-order chi connectivity index (χ0) is 6.85. The zero-order valence-corrected chi connectivity index (χ0v) is 7.40. The molecule has 1 aliphatic rings. The smallest absolute Gasteiger partial charge is 0.0516 e. The SMILES string of the molecule is CC1=C(N)C(I)=CNC1. The fraction of sp³-hybridized carbons (Fsp3) is 0.333. The van der Waals surface area contributed by atoms with Crippen molar-refractivity contribution in [3.05, 3.63) is 21.0 Å². The van der Waals surface area contributed by atoms with Gasteiger partial charge in [0.1, 0.15) is 0 Å². The molecule has 0 aromatic carbocycles. The Morgan fingerprint density at radius 2 is 2.44 bits per heavy atom. The lowest BCUT2D eigenvalue weighted by Crippen LogP contribution is -2.18. The standard InChI is InChI=1S/C6H9IN2/c1-4-2-9-3-5(7)6(4)8/h3,9H,2,8H2,1H3. The van der Waals surface area contributed by atoms with Gasteiger partial charge in [0.15, 0.2) is 0 Å². The minimum Gasteiger partial charge on any atom is -0.398 e. The van der Waals surface area contributed by atoms with E-state index in [-0.39, 0.29) is 0 Å². The van der Waals surface area contributed by atoms with Crippen molar-refractivity contribution in [2.24, 2.45) is 5.73 Å². The number of halogens is 1. The van der Waals surface area contributed by atoms with E-state index in [0.717, 1.165) is 15.8 Å². The Kier molecular flexibility index (Phi) is 2.00. The maximum absolute atomic E-state index is 5.69. The molecule has 9 heavy (non-hydrogen) atoms. The number of rotatable bonds is 0. The highest BCUT2D eigenvalue weighted by atomic mass is 127. The molecule has 0 bridgehead atoms. The van der Waals surface area contributed by atoms with Crippen LogP contribution in [-0.4, -0.2) is 6.54 Å². The molecule has 0 aliphatic carbocycles. The topological polar surface area (TPSA) is 38.0 Å². The van der Waals surface area contributed by atoms with Crippen molar-refractivity contribution in [1.29, 1.82) is 0 Å². The second kappa shape index (κ2) is 2.60. The van der Waals surface area contributed by atoms with Crippen LogP contribution < -0.4 is 11.1 Å². The third-order valence-corrected chi connectivity index (χ3v) is 2.21. The molecule has 3 heteroatoms. The molecule has 0 unspecified atom stereocenters. The van der Waals surface area contributed by atoms with Gasteiger partial charge in [-0.15, -0.1) is 0 Å². The molecule has 2 nitrogen and oxygen atoms in total. The van der Waals surface area contributed by atoms with Gasteiger partial charge in [-0.3, -0.25) is 0 Å². The molecule has 0 radical (unpaired) electrons. The molecule has 3 N–H and O–H groups in total. The van der Waals surface area contributed by atoms with Crippen LogP contribution in [0.5, 0.6) is 0 Å². The highest BCUT2D eigenvalue weighted by molar-refractivity contribution is 14.1. The van der Waals surface area contributed by atoms with E-state index in [1.807, 2.05) is 13.1 Å². The van der Waals surface area contributed by atoms with E-state index in [2.05, 4.69) is 27.9 Å². The summed E-state index contributed by atoms with van der Waals surface area (Å²) in [7, 11) is 0. The second-order valence-electron chi connectivity index (χ2n) is 2.07. The van der Waals surface area contributed by atoms with E-state index in [4.69, 9.17) is 5.73 Å². The average molecular weight is 236 g/mol. The van der Waals surface area contributed by atoms with Crippen molar-refractivity contribution < 1.29 is 0 Å². The molecule has 0 amide bonds. The number of nitrogens with one attached hydrogen (secondary N) is 1. The molecule has 1 rings (SSSR count). The fourth-order valence-corrected chi connectivity index (χ4v) is 1.35. The van der Waals surface area contributed by atoms with E-state index in [0.29, 0.717) is 0 Å². The van der Waals surface area contributed by atoms with Crippen LogP contribution in [0.25, 0.3) is 0 Å². The van der Waals surface area contributed by atoms with Crippen molar-refractivity contribution in [3.63, 3.8) is 0 Å². The lowest BCUT2D eigenvalue weighted by molar-refractivity contribution is 0.897. The van der Waals surface area contributed by atoms with E-state index in [1.165, 1.54) is 5.57 Å². The Morgan fingerprint density at radius 3 is 2.89 bits per heavy atom. The van der Waals surface area contributed by atoms with Crippen LogP contribution in [0.2, 0.25) is 0 Å². The van der Waals surface area contributed by atoms with Crippen LogP contribution in [0.4, 0.5) is 0 Å². The maximum Gasteiger partial charge on any atom is 0.0516 e. The fourth-order valence-electron chi connectivity index (χ4n) is 0.671.